The highest BCUT2D eigenvalue weighted by Crippen LogP contribution is 2.19. The quantitative estimate of drug-likeness (QED) is 0.872. The minimum Gasteiger partial charge on any atom is -0.340 e. The molecule has 7 heteroatoms. The molecular weight excluding hydrogens is 252 g/mol. The number of halogens is 2. The summed E-state index contributed by atoms with van der Waals surface area (Å²) in [6.07, 6.45) is 4.54. The second-order valence-electron chi connectivity index (χ2n) is 4.10. The van der Waals surface area contributed by atoms with Gasteiger partial charge in [0.05, 0.1) is 6.20 Å². The lowest BCUT2D eigenvalue weighted by atomic mass is 10.3. The zero-order valence-electron chi connectivity index (χ0n) is 11.2. The SMILES string of the molecule is C=CC.Cc1ncc(-c2ncnn2CC(C)(F)F)[nH]1. The largest absolute Gasteiger partial charge is 0.340 e. The van der Waals surface area contributed by atoms with Gasteiger partial charge >= 0.3 is 0 Å². The summed E-state index contributed by atoms with van der Waals surface area (Å²) in [5.41, 5.74) is 0.583. The van der Waals surface area contributed by atoms with Crippen molar-refractivity contribution in [2.24, 2.45) is 0 Å². The van der Waals surface area contributed by atoms with Crippen LogP contribution in [0.25, 0.3) is 11.5 Å². The van der Waals surface area contributed by atoms with Gasteiger partial charge in [0, 0.05) is 6.92 Å². The minimum absolute atomic E-state index is 0.363. The number of aryl methyl sites for hydroxylation is 1. The van der Waals surface area contributed by atoms with Crippen molar-refractivity contribution in [3.63, 3.8) is 0 Å². The van der Waals surface area contributed by atoms with E-state index in [4.69, 9.17) is 0 Å². The van der Waals surface area contributed by atoms with Crippen LogP contribution < -0.4 is 0 Å². The highest BCUT2D eigenvalue weighted by atomic mass is 19.3. The molecule has 104 valence electrons. The summed E-state index contributed by atoms with van der Waals surface area (Å²) >= 11 is 0. The van der Waals surface area contributed by atoms with Crippen molar-refractivity contribution in [3.8, 4) is 11.5 Å². The number of nitrogens with one attached hydrogen (secondary N) is 1. The van der Waals surface area contributed by atoms with Crippen LogP contribution in [0.4, 0.5) is 8.78 Å². The van der Waals surface area contributed by atoms with Crippen molar-refractivity contribution in [2.45, 2.75) is 33.2 Å². The van der Waals surface area contributed by atoms with Crippen LogP contribution in [0.5, 0.6) is 0 Å². The number of hydrogen-bond acceptors (Lipinski definition) is 3. The molecule has 0 spiro atoms. The molecule has 0 radical (unpaired) electrons. The molecule has 0 saturated heterocycles. The number of rotatable bonds is 3. The first kappa shape index (κ1) is 15.0. The van der Waals surface area contributed by atoms with Crippen molar-refractivity contribution in [2.75, 3.05) is 0 Å². The Morgan fingerprint density at radius 3 is 2.58 bits per heavy atom. The Labute approximate surface area is 110 Å². The maximum Gasteiger partial charge on any atom is 0.264 e. The molecule has 5 nitrogen and oxygen atoms in total. The Kier molecular flexibility index (Phi) is 4.91. The summed E-state index contributed by atoms with van der Waals surface area (Å²) in [5, 5.41) is 3.76. The van der Waals surface area contributed by atoms with E-state index in [9.17, 15) is 8.78 Å². The van der Waals surface area contributed by atoms with Crippen LogP contribution in [0.2, 0.25) is 0 Å². The Hall–Kier alpha value is -2.05. The standard InChI is InChI=1S/C9H11F2N5.C3H6/c1-6-12-3-7(15-6)8-13-5-14-16(8)4-9(2,10)11;1-3-2/h3,5H,4H2,1-2H3,(H,12,15);3H,1H2,2H3. The molecule has 1 N–H and O–H groups in total. The number of hydrogen-bond donors (Lipinski definition) is 1. The van der Waals surface area contributed by atoms with Gasteiger partial charge in [-0.3, -0.25) is 0 Å². The average Bonchev–Trinajstić information content (AvgIpc) is 2.86. The number of H-pyrrole nitrogens is 1. The van der Waals surface area contributed by atoms with Gasteiger partial charge in [0.2, 0.25) is 0 Å². The van der Waals surface area contributed by atoms with Crippen molar-refractivity contribution in [1.82, 2.24) is 24.7 Å². The Bertz CT molecular complexity index is 524. The second kappa shape index (κ2) is 6.21. The monoisotopic (exact) mass is 269 g/mol. The molecule has 2 heterocycles. The van der Waals surface area contributed by atoms with Crippen LogP contribution in [0, 0.1) is 6.92 Å². The fourth-order valence-corrected chi connectivity index (χ4v) is 1.39. The van der Waals surface area contributed by atoms with Gasteiger partial charge in [0.25, 0.3) is 5.92 Å². The summed E-state index contributed by atoms with van der Waals surface area (Å²) in [5.74, 6) is -1.76. The smallest absolute Gasteiger partial charge is 0.264 e. The van der Waals surface area contributed by atoms with Crippen LogP contribution >= 0.6 is 0 Å². The maximum absolute atomic E-state index is 12.9. The van der Waals surface area contributed by atoms with Crippen LogP contribution in [-0.4, -0.2) is 30.7 Å². The normalized spacial score (nSPS) is 10.8. The topological polar surface area (TPSA) is 59.4 Å². The van der Waals surface area contributed by atoms with E-state index in [1.54, 1.807) is 19.2 Å². The first-order chi connectivity index (χ1) is 8.87. The van der Waals surface area contributed by atoms with E-state index < -0.39 is 12.5 Å². The number of aromatic nitrogens is 5. The Morgan fingerprint density at radius 2 is 2.11 bits per heavy atom. The van der Waals surface area contributed by atoms with Crippen LogP contribution in [0.1, 0.15) is 19.7 Å². The van der Waals surface area contributed by atoms with Crippen molar-refractivity contribution in [3.05, 3.63) is 31.0 Å². The summed E-state index contributed by atoms with van der Waals surface area (Å²) in [4.78, 5) is 10.8. The summed E-state index contributed by atoms with van der Waals surface area (Å²) in [7, 11) is 0. The second-order valence-corrected chi connectivity index (χ2v) is 4.10. The lowest BCUT2D eigenvalue weighted by molar-refractivity contribution is 0.000978. The molecular formula is C12H17F2N5. The highest BCUT2D eigenvalue weighted by molar-refractivity contribution is 5.47. The van der Waals surface area contributed by atoms with E-state index in [1.807, 2.05) is 6.92 Å². The number of aromatic amines is 1. The average molecular weight is 269 g/mol. The van der Waals surface area contributed by atoms with Gasteiger partial charge in [0.15, 0.2) is 5.82 Å². The van der Waals surface area contributed by atoms with Crippen molar-refractivity contribution >= 4 is 0 Å². The van der Waals surface area contributed by atoms with E-state index in [1.165, 1.54) is 6.33 Å². The molecule has 0 unspecified atom stereocenters. The van der Waals surface area contributed by atoms with E-state index in [0.717, 1.165) is 11.6 Å². The minimum atomic E-state index is -2.82. The summed E-state index contributed by atoms with van der Waals surface area (Å²) in [6.45, 7) is 7.37. The van der Waals surface area contributed by atoms with Gasteiger partial charge in [-0.1, -0.05) is 6.08 Å². The predicted molar refractivity (Wildman–Crippen MR) is 68.8 cm³/mol. The third kappa shape index (κ3) is 4.61. The molecule has 0 aliphatic heterocycles. The fourth-order valence-electron chi connectivity index (χ4n) is 1.39. The Balaban J connectivity index is 0.000000550. The Morgan fingerprint density at radius 1 is 1.47 bits per heavy atom. The zero-order chi connectivity index (χ0) is 14.5. The zero-order valence-corrected chi connectivity index (χ0v) is 11.2. The number of alkyl halides is 2. The molecule has 0 saturated carbocycles. The summed E-state index contributed by atoms with van der Waals surface area (Å²) in [6, 6.07) is 0. The first-order valence-corrected chi connectivity index (χ1v) is 5.72. The third-order valence-electron chi connectivity index (χ3n) is 1.99. The van der Waals surface area contributed by atoms with Crippen LogP contribution in [-0.2, 0) is 6.54 Å². The number of nitrogens with zero attached hydrogens (tertiary/aromatic N) is 4. The molecule has 0 aromatic carbocycles. The lowest BCUT2D eigenvalue weighted by Crippen LogP contribution is -2.20. The molecule has 19 heavy (non-hydrogen) atoms. The fraction of sp³-hybridized carbons (Fsp3) is 0.417. The molecule has 0 fully saturated rings. The van der Waals surface area contributed by atoms with E-state index in [2.05, 4.69) is 26.6 Å². The van der Waals surface area contributed by atoms with E-state index in [-0.39, 0.29) is 0 Å². The molecule has 2 rings (SSSR count). The maximum atomic E-state index is 12.9. The van der Waals surface area contributed by atoms with Crippen LogP contribution in [0.3, 0.4) is 0 Å². The molecule has 0 amide bonds. The van der Waals surface area contributed by atoms with E-state index in [0.29, 0.717) is 17.3 Å². The molecule has 0 bridgehead atoms. The van der Waals surface area contributed by atoms with Gasteiger partial charge in [0.1, 0.15) is 24.4 Å². The molecule has 0 aliphatic carbocycles. The molecule has 0 aliphatic rings. The van der Waals surface area contributed by atoms with Crippen molar-refractivity contribution in [1.29, 1.82) is 0 Å². The number of imidazole rings is 1. The van der Waals surface area contributed by atoms with Crippen molar-refractivity contribution < 1.29 is 8.78 Å². The predicted octanol–water partition coefficient (Wildman–Crippen LogP) is 2.82. The highest BCUT2D eigenvalue weighted by Gasteiger charge is 2.24. The number of allylic oxidation sites excluding steroid dienone is 1. The lowest BCUT2D eigenvalue weighted by Gasteiger charge is -2.10. The van der Waals surface area contributed by atoms with E-state index >= 15 is 0 Å². The molecule has 2 aromatic heterocycles. The van der Waals surface area contributed by atoms with Gasteiger partial charge in [-0.25, -0.2) is 23.4 Å². The van der Waals surface area contributed by atoms with Crippen LogP contribution in [0.15, 0.2) is 25.2 Å². The molecule has 0 atom stereocenters. The van der Waals surface area contributed by atoms with Gasteiger partial charge in [-0.05, 0) is 13.8 Å². The van der Waals surface area contributed by atoms with Gasteiger partial charge in [-0.2, -0.15) is 5.10 Å². The third-order valence-corrected chi connectivity index (χ3v) is 1.99. The summed E-state index contributed by atoms with van der Waals surface area (Å²) < 4.78 is 26.9. The molecule has 2 aromatic rings. The van der Waals surface area contributed by atoms with Gasteiger partial charge in [-0.15, -0.1) is 6.58 Å². The first-order valence-electron chi connectivity index (χ1n) is 5.72. The van der Waals surface area contributed by atoms with Gasteiger partial charge < -0.3 is 4.98 Å².